The van der Waals surface area contributed by atoms with Crippen LogP contribution in [0.5, 0.6) is 0 Å². The summed E-state index contributed by atoms with van der Waals surface area (Å²) in [6.07, 6.45) is 5.68. The molecular formula is C23H25ClN6O3. The average Bonchev–Trinajstić information content (AvgIpc) is 3.15. The van der Waals surface area contributed by atoms with Gasteiger partial charge in [-0.2, -0.15) is 0 Å². The number of halogens is 1. The van der Waals surface area contributed by atoms with Gasteiger partial charge in [-0.3, -0.25) is 24.7 Å². The number of amides is 3. The number of piperidine rings is 2. The summed E-state index contributed by atoms with van der Waals surface area (Å²) in [6, 6.07) is 5.43. The van der Waals surface area contributed by atoms with Crippen molar-refractivity contribution in [3.63, 3.8) is 0 Å². The summed E-state index contributed by atoms with van der Waals surface area (Å²) in [5.74, 6) is -0.183. The molecule has 0 bridgehead atoms. The van der Waals surface area contributed by atoms with Crippen molar-refractivity contribution in [2.75, 3.05) is 18.0 Å². The molecule has 3 aliphatic rings. The van der Waals surface area contributed by atoms with E-state index < -0.39 is 11.9 Å². The third-order valence-corrected chi connectivity index (χ3v) is 6.80. The molecule has 1 unspecified atom stereocenters. The van der Waals surface area contributed by atoms with Crippen molar-refractivity contribution < 1.29 is 14.4 Å². The molecule has 0 radical (unpaired) electrons. The predicted molar refractivity (Wildman–Crippen MR) is 122 cm³/mol. The van der Waals surface area contributed by atoms with Crippen molar-refractivity contribution in [1.82, 2.24) is 25.5 Å². The number of carbonyl (C=O) groups excluding carboxylic acids is 3. The topological polar surface area (TPSA) is 108 Å². The third kappa shape index (κ3) is 4.30. The van der Waals surface area contributed by atoms with Crippen LogP contribution in [0.15, 0.2) is 30.6 Å². The van der Waals surface area contributed by atoms with Crippen LogP contribution in [-0.2, 0) is 22.7 Å². The lowest BCUT2D eigenvalue weighted by atomic mass is 9.99. The Hall–Kier alpha value is -3.04. The number of hydrogen-bond acceptors (Lipinski definition) is 7. The first-order valence-corrected chi connectivity index (χ1v) is 11.6. The molecule has 2 fully saturated rings. The highest BCUT2D eigenvalue weighted by Crippen LogP contribution is 2.32. The number of benzene rings is 1. The molecule has 0 spiro atoms. The van der Waals surface area contributed by atoms with Gasteiger partial charge in [0.25, 0.3) is 5.91 Å². The Morgan fingerprint density at radius 3 is 2.70 bits per heavy atom. The summed E-state index contributed by atoms with van der Waals surface area (Å²) < 4.78 is 0. The molecule has 1 atom stereocenters. The minimum absolute atomic E-state index is 0.169. The first kappa shape index (κ1) is 21.8. The summed E-state index contributed by atoms with van der Waals surface area (Å²) in [5.41, 5.74) is 2.41. The molecule has 10 heteroatoms. The van der Waals surface area contributed by atoms with Gasteiger partial charge >= 0.3 is 0 Å². The van der Waals surface area contributed by atoms with E-state index in [-0.39, 0.29) is 24.3 Å². The van der Waals surface area contributed by atoms with Crippen LogP contribution in [0.3, 0.4) is 0 Å². The normalized spacial score (nSPS) is 21.2. The summed E-state index contributed by atoms with van der Waals surface area (Å²) >= 11 is 6.14. The number of fused-ring (bicyclic) bond motifs is 1. The Kier molecular flexibility index (Phi) is 5.99. The summed E-state index contributed by atoms with van der Waals surface area (Å²) in [6.45, 7) is 2.66. The molecule has 3 aliphatic heterocycles. The van der Waals surface area contributed by atoms with Crippen LogP contribution >= 0.6 is 11.6 Å². The highest BCUT2D eigenvalue weighted by molar-refractivity contribution is 6.29. The van der Waals surface area contributed by atoms with Gasteiger partial charge in [-0.15, -0.1) is 0 Å². The number of aromatic nitrogens is 2. The van der Waals surface area contributed by atoms with Crippen LogP contribution in [0, 0.1) is 0 Å². The van der Waals surface area contributed by atoms with Crippen LogP contribution in [-0.4, -0.2) is 57.8 Å². The fourth-order valence-corrected chi connectivity index (χ4v) is 5.13. The average molecular weight is 469 g/mol. The van der Waals surface area contributed by atoms with E-state index in [9.17, 15) is 14.4 Å². The molecule has 33 heavy (non-hydrogen) atoms. The van der Waals surface area contributed by atoms with Gasteiger partial charge in [-0.05, 0) is 43.5 Å². The number of nitrogens with zero attached hydrogens (tertiary/aromatic N) is 4. The largest absolute Gasteiger partial charge is 0.348 e. The molecule has 3 amide bonds. The second-order valence-corrected chi connectivity index (χ2v) is 9.05. The summed E-state index contributed by atoms with van der Waals surface area (Å²) in [7, 11) is 0. The highest BCUT2D eigenvalue weighted by atomic mass is 35.5. The Bertz CT molecular complexity index is 1100. The lowest BCUT2D eigenvalue weighted by Crippen LogP contribution is -2.52. The number of rotatable bonds is 5. The van der Waals surface area contributed by atoms with E-state index in [4.69, 9.17) is 11.6 Å². The van der Waals surface area contributed by atoms with Crippen LogP contribution in [0.2, 0.25) is 5.15 Å². The van der Waals surface area contributed by atoms with E-state index in [1.165, 1.54) is 6.20 Å². The SMILES string of the molecule is O=C1CCC(N2Cc3cccc(CN(c4cncc(Cl)n4)C4CCNCC4)c3C2=O)C(=O)N1. The maximum absolute atomic E-state index is 13.5. The number of carbonyl (C=O) groups is 3. The fourth-order valence-electron chi connectivity index (χ4n) is 4.99. The Labute approximate surface area is 196 Å². The van der Waals surface area contributed by atoms with Gasteiger partial charge in [0, 0.05) is 31.1 Å². The van der Waals surface area contributed by atoms with Gasteiger partial charge in [-0.25, -0.2) is 4.98 Å². The molecular weight excluding hydrogens is 444 g/mol. The quantitative estimate of drug-likeness (QED) is 0.642. The van der Waals surface area contributed by atoms with Crippen LogP contribution < -0.4 is 15.5 Å². The molecule has 2 saturated heterocycles. The lowest BCUT2D eigenvalue weighted by Gasteiger charge is -2.36. The van der Waals surface area contributed by atoms with Crippen molar-refractivity contribution in [3.8, 4) is 0 Å². The van der Waals surface area contributed by atoms with E-state index in [1.54, 1.807) is 11.1 Å². The highest BCUT2D eigenvalue weighted by Gasteiger charge is 2.40. The summed E-state index contributed by atoms with van der Waals surface area (Å²) in [5, 5.41) is 6.06. The first-order chi connectivity index (χ1) is 16.0. The molecule has 1 aromatic carbocycles. The molecule has 0 aliphatic carbocycles. The molecule has 2 aromatic rings. The molecule has 172 valence electrons. The maximum atomic E-state index is 13.5. The number of nitrogens with one attached hydrogen (secondary N) is 2. The predicted octanol–water partition coefficient (Wildman–Crippen LogP) is 1.65. The van der Waals surface area contributed by atoms with Gasteiger partial charge < -0.3 is 15.1 Å². The van der Waals surface area contributed by atoms with Crippen molar-refractivity contribution >= 4 is 35.1 Å². The maximum Gasteiger partial charge on any atom is 0.255 e. The van der Waals surface area contributed by atoms with Crippen LogP contribution in [0.1, 0.15) is 47.2 Å². The lowest BCUT2D eigenvalue weighted by molar-refractivity contribution is -0.136. The second kappa shape index (κ2) is 9.07. The zero-order chi connectivity index (χ0) is 22.9. The zero-order valence-corrected chi connectivity index (χ0v) is 18.8. The molecule has 2 N–H and O–H groups in total. The van der Waals surface area contributed by atoms with E-state index >= 15 is 0 Å². The number of anilines is 1. The van der Waals surface area contributed by atoms with Crippen molar-refractivity contribution in [3.05, 3.63) is 52.4 Å². The number of imide groups is 1. The second-order valence-electron chi connectivity index (χ2n) is 8.66. The first-order valence-electron chi connectivity index (χ1n) is 11.2. The van der Waals surface area contributed by atoms with Crippen molar-refractivity contribution in [1.29, 1.82) is 0 Å². The molecule has 0 saturated carbocycles. The molecule has 9 nitrogen and oxygen atoms in total. The molecule has 1 aromatic heterocycles. The standard InChI is InChI=1S/C23H25ClN6O3/c24-18-10-26-11-19(27-18)29(16-6-8-25-9-7-16)12-14-2-1-3-15-13-30(23(33)21(14)15)17-4-5-20(31)28-22(17)32/h1-3,10-11,16-17,25H,4-9,12-13H2,(H,28,31,32). The van der Waals surface area contributed by atoms with Gasteiger partial charge in [-0.1, -0.05) is 29.8 Å². The zero-order valence-electron chi connectivity index (χ0n) is 18.1. The molecule has 5 rings (SSSR count). The summed E-state index contributed by atoms with van der Waals surface area (Å²) in [4.78, 5) is 49.9. The van der Waals surface area contributed by atoms with Gasteiger partial charge in [0.05, 0.1) is 12.4 Å². The van der Waals surface area contributed by atoms with E-state index in [0.717, 1.165) is 37.1 Å². The van der Waals surface area contributed by atoms with Crippen molar-refractivity contribution in [2.24, 2.45) is 0 Å². The molecule has 4 heterocycles. The van der Waals surface area contributed by atoms with Crippen molar-refractivity contribution in [2.45, 2.75) is 50.9 Å². The van der Waals surface area contributed by atoms with Gasteiger partial charge in [0.1, 0.15) is 17.0 Å². The van der Waals surface area contributed by atoms with E-state index in [2.05, 4.69) is 25.5 Å². The Morgan fingerprint density at radius 1 is 1.12 bits per heavy atom. The number of hydrogen-bond donors (Lipinski definition) is 2. The minimum Gasteiger partial charge on any atom is -0.348 e. The van der Waals surface area contributed by atoms with Crippen LogP contribution in [0.4, 0.5) is 5.82 Å². The third-order valence-electron chi connectivity index (χ3n) is 6.62. The smallest absolute Gasteiger partial charge is 0.255 e. The Balaban J connectivity index is 1.45. The van der Waals surface area contributed by atoms with Gasteiger partial charge in [0.2, 0.25) is 11.8 Å². The Morgan fingerprint density at radius 2 is 1.94 bits per heavy atom. The fraction of sp³-hybridized carbons (Fsp3) is 0.435. The van der Waals surface area contributed by atoms with E-state index in [0.29, 0.717) is 36.0 Å². The monoisotopic (exact) mass is 468 g/mol. The van der Waals surface area contributed by atoms with E-state index in [1.807, 2.05) is 18.2 Å². The minimum atomic E-state index is -0.630. The van der Waals surface area contributed by atoms with Gasteiger partial charge in [0.15, 0.2) is 0 Å². The van der Waals surface area contributed by atoms with Crippen LogP contribution in [0.25, 0.3) is 0 Å².